The largest absolute Gasteiger partial charge is 0.396 e. The molecule has 0 amide bonds. The number of hydrogen-bond acceptors (Lipinski definition) is 7. The predicted octanol–water partition coefficient (Wildman–Crippen LogP) is 3.70. The Labute approximate surface area is 232 Å². The minimum Gasteiger partial charge on any atom is -0.396 e. The van der Waals surface area contributed by atoms with Gasteiger partial charge in [0.05, 0.1) is 18.3 Å². The molecule has 0 aliphatic heterocycles. The molecule has 0 spiro atoms. The molecule has 11 atom stereocenters. The summed E-state index contributed by atoms with van der Waals surface area (Å²) in [6, 6.07) is 0. The van der Waals surface area contributed by atoms with Crippen molar-refractivity contribution >= 4 is 0 Å². The summed E-state index contributed by atoms with van der Waals surface area (Å²) in [5.41, 5.74) is 17.8. The molecule has 0 radical (unpaired) electrons. The fraction of sp³-hybridized carbons (Fsp3) is 1.00. The van der Waals surface area contributed by atoms with Crippen LogP contribution in [-0.2, 0) is 14.2 Å². The lowest BCUT2D eigenvalue weighted by atomic mass is 9.43. The third-order valence-electron chi connectivity index (χ3n) is 11.8. The number of fused-ring (bicyclic) bond motifs is 5. The van der Waals surface area contributed by atoms with Crippen molar-refractivity contribution < 1.29 is 19.3 Å². The van der Waals surface area contributed by atoms with Crippen molar-refractivity contribution in [2.45, 2.75) is 103 Å². The van der Waals surface area contributed by atoms with Crippen LogP contribution in [0.2, 0.25) is 0 Å². The van der Waals surface area contributed by atoms with E-state index in [0.29, 0.717) is 55.3 Å². The lowest BCUT2D eigenvalue weighted by Crippen LogP contribution is -2.63. The third-order valence-corrected chi connectivity index (χ3v) is 11.8. The number of aliphatic hydroxyl groups excluding tert-OH is 1. The quantitative estimate of drug-likeness (QED) is 0.249. The molecular formula is C31H59N3O4. The van der Waals surface area contributed by atoms with Gasteiger partial charge < -0.3 is 36.5 Å². The maximum atomic E-state index is 10.2. The molecule has 0 aromatic heterocycles. The van der Waals surface area contributed by atoms with E-state index in [-0.39, 0.29) is 35.6 Å². The first kappa shape index (κ1) is 30.7. The normalized spacial score (nSPS) is 43.3. The van der Waals surface area contributed by atoms with Crippen LogP contribution in [0, 0.1) is 46.3 Å². The van der Waals surface area contributed by atoms with Crippen LogP contribution in [0.1, 0.15) is 85.0 Å². The van der Waals surface area contributed by atoms with Crippen molar-refractivity contribution in [3.05, 3.63) is 0 Å². The zero-order valence-corrected chi connectivity index (χ0v) is 24.6. The highest BCUT2D eigenvalue weighted by Crippen LogP contribution is 2.69. The van der Waals surface area contributed by atoms with Gasteiger partial charge in [-0.1, -0.05) is 20.8 Å². The molecule has 0 saturated heterocycles. The van der Waals surface area contributed by atoms with Crippen molar-refractivity contribution in [3.63, 3.8) is 0 Å². The van der Waals surface area contributed by atoms with E-state index >= 15 is 0 Å². The summed E-state index contributed by atoms with van der Waals surface area (Å²) >= 11 is 0. The number of hydrogen-bond donors (Lipinski definition) is 4. The molecule has 0 aromatic carbocycles. The predicted molar refractivity (Wildman–Crippen MR) is 152 cm³/mol. The van der Waals surface area contributed by atoms with E-state index in [1.807, 2.05) is 0 Å². The summed E-state index contributed by atoms with van der Waals surface area (Å²) in [6.07, 6.45) is 11.7. The van der Waals surface area contributed by atoms with Gasteiger partial charge in [-0.3, -0.25) is 0 Å². The van der Waals surface area contributed by atoms with Gasteiger partial charge in [0.15, 0.2) is 0 Å². The van der Waals surface area contributed by atoms with Crippen LogP contribution in [0.4, 0.5) is 0 Å². The van der Waals surface area contributed by atoms with Crippen molar-refractivity contribution in [1.29, 1.82) is 0 Å². The molecule has 38 heavy (non-hydrogen) atoms. The first-order valence-corrected chi connectivity index (χ1v) is 15.9. The number of nitrogens with two attached hydrogens (primary N) is 3. The molecule has 4 aliphatic carbocycles. The minimum atomic E-state index is 0.0547. The summed E-state index contributed by atoms with van der Waals surface area (Å²) in [6.45, 7) is 11.9. The van der Waals surface area contributed by atoms with Gasteiger partial charge in [-0.2, -0.15) is 0 Å². The van der Waals surface area contributed by atoms with Crippen molar-refractivity contribution in [1.82, 2.24) is 0 Å². The summed E-state index contributed by atoms with van der Waals surface area (Å²) in [5.74, 6) is 3.04. The highest BCUT2D eigenvalue weighted by atomic mass is 16.5. The smallest absolute Gasteiger partial charge is 0.0637 e. The maximum absolute atomic E-state index is 10.2. The minimum absolute atomic E-state index is 0.0547. The Kier molecular flexibility index (Phi) is 11.0. The lowest BCUT2D eigenvalue weighted by Gasteiger charge is -2.64. The second-order valence-electron chi connectivity index (χ2n) is 13.6. The Morgan fingerprint density at radius 1 is 0.816 bits per heavy atom. The number of aliphatic hydroxyl groups is 1. The molecule has 0 aromatic rings. The molecule has 7 nitrogen and oxygen atoms in total. The van der Waals surface area contributed by atoms with Gasteiger partial charge in [0.2, 0.25) is 0 Å². The highest BCUT2D eigenvalue weighted by molar-refractivity contribution is 5.15. The van der Waals surface area contributed by atoms with E-state index < -0.39 is 0 Å². The van der Waals surface area contributed by atoms with Gasteiger partial charge in [0, 0.05) is 31.8 Å². The number of rotatable bonds is 14. The molecule has 4 aliphatic rings. The van der Waals surface area contributed by atoms with E-state index in [1.54, 1.807) is 0 Å². The van der Waals surface area contributed by atoms with E-state index in [2.05, 4.69) is 20.8 Å². The lowest BCUT2D eigenvalue weighted by molar-refractivity contribution is -0.228. The van der Waals surface area contributed by atoms with E-state index in [1.165, 1.54) is 19.3 Å². The highest BCUT2D eigenvalue weighted by Gasteiger charge is 2.66. The SMILES string of the molecule is C[C@H](CO)[C@H]1CC[C@H]2[C@@H]3[C@H](OCCCN)C[C@@H]4C[C@H](OCCCN)CC[C@]4(C)[C@H]3C[C@H](OCCCN)[C@]12C. The second kappa shape index (κ2) is 13.6. The Hall–Kier alpha value is -0.280. The molecule has 0 bridgehead atoms. The molecule has 7 N–H and O–H groups in total. The first-order chi connectivity index (χ1) is 18.3. The second-order valence-corrected chi connectivity index (χ2v) is 13.6. The molecule has 0 unspecified atom stereocenters. The Morgan fingerprint density at radius 2 is 1.47 bits per heavy atom. The molecule has 4 fully saturated rings. The van der Waals surface area contributed by atoms with Gasteiger partial charge in [-0.25, -0.2) is 0 Å². The Morgan fingerprint density at radius 3 is 2.13 bits per heavy atom. The van der Waals surface area contributed by atoms with E-state index in [0.717, 1.165) is 64.8 Å². The van der Waals surface area contributed by atoms with Gasteiger partial charge in [0.1, 0.15) is 0 Å². The van der Waals surface area contributed by atoms with Gasteiger partial charge in [-0.05, 0) is 125 Å². The van der Waals surface area contributed by atoms with Crippen LogP contribution in [0.3, 0.4) is 0 Å². The first-order valence-electron chi connectivity index (χ1n) is 15.9. The van der Waals surface area contributed by atoms with Crippen LogP contribution in [-0.4, -0.2) is 69.5 Å². The van der Waals surface area contributed by atoms with Crippen LogP contribution < -0.4 is 17.2 Å². The molecule has 4 saturated carbocycles. The van der Waals surface area contributed by atoms with E-state index in [9.17, 15) is 5.11 Å². The van der Waals surface area contributed by atoms with E-state index in [4.69, 9.17) is 31.4 Å². The summed E-state index contributed by atoms with van der Waals surface area (Å²) in [5, 5.41) is 10.2. The van der Waals surface area contributed by atoms with Crippen LogP contribution in [0.15, 0.2) is 0 Å². The molecule has 222 valence electrons. The fourth-order valence-electron chi connectivity index (χ4n) is 9.72. The number of ether oxygens (including phenoxy) is 3. The van der Waals surface area contributed by atoms with Crippen molar-refractivity contribution in [3.8, 4) is 0 Å². The van der Waals surface area contributed by atoms with Crippen LogP contribution in [0.25, 0.3) is 0 Å². The van der Waals surface area contributed by atoms with Crippen molar-refractivity contribution in [2.24, 2.45) is 63.5 Å². The monoisotopic (exact) mass is 537 g/mol. The Bertz CT molecular complexity index is 727. The Balaban J connectivity index is 1.64. The zero-order chi connectivity index (χ0) is 27.3. The summed E-state index contributed by atoms with van der Waals surface area (Å²) in [7, 11) is 0. The molecule has 0 heterocycles. The zero-order valence-electron chi connectivity index (χ0n) is 24.6. The third kappa shape index (κ3) is 5.86. The van der Waals surface area contributed by atoms with Crippen LogP contribution >= 0.6 is 0 Å². The average molecular weight is 538 g/mol. The summed E-state index contributed by atoms with van der Waals surface area (Å²) in [4.78, 5) is 0. The topological polar surface area (TPSA) is 126 Å². The van der Waals surface area contributed by atoms with Gasteiger partial charge in [-0.15, -0.1) is 0 Å². The maximum Gasteiger partial charge on any atom is 0.0637 e. The summed E-state index contributed by atoms with van der Waals surface area (Å²) < 4.78 is 19.9. The molecular weight excluding hydrogens is 478 g/mol. The standard InChI is InChI=1S/C31H59N3O4/c1-21(20-35)24-7-8-25-29-26(19-28(31(24,25)3)38-16-6-13-34)30(2)10-9-23(36-14-4-11-32)17-22(30)18-27(29)37-15-5-12-33/h21-29,35H,4-20,32-34H2,1-3H3/t21-,22+,23-,24-,25+,26+,27-,28+,29+,30+,31-/m1/s1. The van der Waals surface area contributed by atoms with Crippen LogP contribution in [0.5, 0.6) is 0 Å². The molecule has 4 rings (SSSR count). The van der Waals surface area contributed by atoms with Gasteiger partial charge in [0.25, 0.3) is 0 Å². The van der Waals surface area contributed by atoms with Crippen molar-refractivity contribution in [2.75, 3.05) is 46.1 Å². The average Bonchev–Trinajstić information content (AvgIpc) is 3.27. The molecule has 7 heteroatoms. The van der Waals surface area contributed by atoms with Gasteiger partial charge >= 0.3 is 0 Å². The fourth-order valence-corrected chi connectivity index (χ4v) is 9.72.